The predicted octanol–water partition coefficient (Wildman–Crippen LogP) is 3.27. The fourth-order valence-corrected chi connectivity index (χ4v) is 4.13. The number of carbonyl (C=O) groups excluding carboxylic acids is 2. The van der Waals surface area contributed by atoms with Gasteiger partial charge in [-0.05, 0) is 25.3 Å². The molecule has 0 N–H and O–H groups in total. The van der Waals surface area contributed by atoms with Gasteiger partial charge in [0.2, 0.25) is 11.8 Å². The molecule has 0 radical (unpaired) electrons. The highest BCUT2D eigenvalue weighted by Gasteiger charge is 2.36. The molecule has 0 aliphatic carbocycles. The summed E-state index contributed by atoms with van der Waals surface area (Å²) in [5, 5.41) is 0. The van der Waals surface area contributed by atoms with Gasteiger partial charge in [-0.3, -0.25) is 19.5 Å². The van der Waals surface area contributed by atoms with E-state index in [0.29, 0.717) is 6.42 Å². The van der Waals surface area contributed by atoms with Crippen LogP contribution in [0.5, 0.6) is 0 Å². The van der Waals surface area contributed by atoms with E-state index in [2.05, 4.69) is 4.99 Å². The van der Waals surface area contributed by atoms with Crippen LogP contribution >= 0.6 is 0 Å². The minimum Gasteiger partial charge on any atom is -0.341 e. The second-order valence-corrected chi connectivity index (χ2v) is 7.27. The number of carbonyl (C=O) groups is 2. The van der Waals surface area contributed by atoms with E-state index >= 15 is 0 Å². The number of hydrogen-bond donors (Lipinski definition) is 0. The van der Waals surface area contributed by atoms with Gasteiger partial charge in [0.05, 0.1) is 11.4 Å². The summed E-state index contributed by atoms with van der Waals surface area (Å²) in [5.41, 5.74) is 3.44. The summed E-state index contributed by atoms with van der Waals surface area (Å²) in [5.74, 6) is -0.0795. The van der Waals surface area contributed by atoms with Crippen molar-refractivity contribution in [3.05, 3.63) is 65.7 Å². The monoisotopic (exact) mass is 375 g/mol. The summed E-state index contributed by atoms with van der Waals surface area (Å²) in [6, 6.07) is 17.2. The topological polar surface area (TPSA) is 53.0 Å². The van der Waals surface area contributed by atoms with Crippen molar-refractivity contribution < 1.29 is 9.59 Å². The number of likely N-dealkylation sites (tertiary alicyclic amines) is 1. The Morgan fingerprint density at radius 3 is 2.43 bits per heavy atom. The Kier molecular flexibility index (Phi) is 5.24. The summed E-state index contributed by atoms with van der Waals surface area (Å²) in [6.45, 7) is 3.58. The first kappa shape index (κ1) is 18.4. The Balaban J connectivity index is 1.77. The lowest BCUT2D eigenvalue weighted by Gasteiger charge is -2.33. The molecule has 144 valence electrons. The van der Waals surface area contributed by atoms with Gasteiger partial charge < -0.3 is 4.90 Å². The molecule has 28 heavy (non-hydrogen) atoms. The summed E-state index contributed by atoms with van der Waals surface area (Å²) in [4.78, 5) is 34.5. The molecule has 1 atom stereocenters. The van der Waals surface area contributed by atoms with Crippen molar-refractivity contribution >= 4 is 23.2 Å². The van der Waals surface area contributed by atoms with E-state index in [9.17, 15) is 9.59 Å². The molecule has 0 saturated carbocycles. The first-order valence-corrected chi connectivity index (χ1v) is 10.0. The molecule has 2 aliphatic heterocycles. The van der Waals surface area contributed by atoms with E-state index in [1.165, 1.54) is 0 Å². The summed E-state index contributed by atoms with van der Waals surface area (Å²) in [6.07, 6.45) is 2.65. The maximum Gasteiger partial charge on any atom is 0.249 e. The minimum absolute atomic E-state index is 0.0443. The molecule has 2 aromatic carbocycles. The molecule has 5 heteroatoms. The minimum atomic E-state index is -0.489. The standard InChI is InChI=1S/C23H25N3O2/c1-2-19(23(28)25-14-8-9-15-25)26-20-13-7-6-12-18(20)22(24-16-21(26)27)17-10-4-3-5-11-17/h3-7,10-13,19H,2,8-9,14-16H2,1H3. The number of para-hydroxylation sites is 1. The second kappa shape index (κ2) is 7.97. The average Bonchev–Trinajstić information content (AvgIpc) is 3.23. The molecule has 0 aromatic heterocycles. The Morgan fingerprint density at radius 1 is 1.04 bits per heavy atom. The summed E-state index contributed by atoms with van der Waals surface area (Å²) >= 11 is 0. The third kappa shape index (κ3) is 3.33. The molecular weight excluding hydrogens is 350 g/mol. The zero-order valence-corrected chi connectivity index (χ0v) is 16.2. The quantitative estimate of drug-likeness (QED) is 0.824. The highest BCUT2D eigenvalue weighted by molar-refractivity contribution is 6.20. The van der Waals surface area contributed by atoms with Crippen molar-refractivity contribution in [2.24, 2.45) is 4.99 Å². The van der Waals surface area contributed by atoms with Crippen LogP contribution in [0, 0.1) is 0 Å². The van der Waals surface area contributed by atoms with Crippen LogP contribution in [0.3, 0.4) is 0 Å². The molecule has 0 bridgehead atoms. The van der Waals surface area contributed by atoms with Gasteiger partial charge in [0.1, 0.15) is 12.6 Å². The largest absolute Gasteiger partial charge is 0.341 e. The lowest BCUT2D eigenvalue weighted by atomic mass is 9.99. The third-order valence-corrected chi connectivity index (χ3v) is 5.51. The van der Waals surface area contributed by atoms with E-state index < -0.39 is 6.04 Å². The van der Waals surface area contributed by atoms with Crippen LogP contribution in [0.15, 0.2) is 59.6 Å². The van der Waals surface area contributed by atoms with E-state index in [1.807, 2.05) is 66.4 Å². The number of fused-ring (bicyclic) bond motifs is 1. The van der Waals surface area contributed by atoms with E-state index in [1.54, 1.807) is 4.90 Å². The maximum atomic E-state index is 13.2. The highest BCUT2D eigenvalue weighted by Crippen LogP contribution is 2.30. The van der Waals surface area contributed by atoms with Crippen LogP contribution in [-0.4, -0.2) is 48.1 Å². The third-order valence-electron chi connectivity index (χ3n) is 5.51. The molecule has 4 rings (SSSR count). The Labute approximate surface area is 165 Å². The molecule has 5 nitrogen and oxygen atoms in total. The molecule has 2 aromatic rings. The fraction of sp³-hybridized carbons (Fsp3) is 0.348. The predicted molar refractivity (Wildman–Crippen MR) is 111 cm³/mol. The highest BCUT2D eigenvalue weighted by atomic mass is 16.2. The summed E-state index contributed by atoms with van der Waals surface area (Å²) < 4.78 is 0. The maximum absolute atomic E-state index is 13.2. The Morgan fingerprint density at radius 2 is 1.71 bits per heavy atom. The fourth-order valence-electron chi connectivity index (χ4n) is 4.13. The first-order valence-electron chi connectivity index (χ1n) is 10.0. The van der Waals surface area contributed by atoms with Gasteiger partial charge in [0, 0.05) is 24.2 Å². The van der Waals surface area contributed by atoms with Crippen molar-refractivity contribution in [2.45, 2.75) is 32.2 Å². The Bertz CT molecular complexity index is 901. The van der Waals surface area contributed by atoms with Gasteiger partial charge in [0.15, 0.2) is 0 Å². The number of benzene rings is 2. The molecule has 2 amide bonds. The van der Waals surface area contributed by atoms with Crippen molar-refractivity contribution in [3.63, 3.8) is 0 Å². The van der Waals surface area contributed by atoms with Crippen LogP contribution in [-0.2, 0) is 9.59 Å². The molecule has 1 fully saturated rings. The smallest absolute Gasteiger partial charge is 0.249 e. The van der Waals surface area contributed by atoms with Gasteiger partial charge in [0.25, 0.3) is 0 Å². The zero-order valence-electron chi connectivity index (χ0n) is 16.2. The van der Waals surface area contributed by atoms with Crippen LogP contribution < -0.4 is 4.90 Å². The van der Waals surface area contributed by atoms with Crippen LogP contribution in [0.1, 0.15) is 37.3 Å². The normalized spacial score (nSPS) is 17.8. The number of hydrogen-bond acceptors (Lipinski definition) is 3. The van der Waals surface area contributed by atoms with Gasteiger partial charge in [-0.1, -0.05) is 55.5 Å². The molecule has 2 heterocycles. The number of rotatable bonds is 4. The Hall–Kier alpha value is -2.95. The number of nitrogens with zero attached hydrogens (tertiary/aromatic N) is 3. The van der Waals surface area contributed by atoms with Gasteiger partial charge in [-0.15, -0.1) is 0 Å². The van der Waals surface area contributed by atoms with Gasteiger partial charge in [-0.2, -0.15) is 0 Å². The number of amides is 2. The molecule has 1 unspecified atom stereocenters. The van der Waals surface area contributed by atoms with E-state index in [-0.39, 0.29) is 18.4 Å². The van der Waals surface area contributed by atoms with E-state index in [4.69, 9.17) is 0 Å². The van der Waals surface area contributed by atoms with Crippen molar-refractivity contribution in [2.75, 3.05) is 24.5 Å². The lowest BCUT2D eigenvalue weighted by Crippen LogP contribution is -2.51. The van der Waals surface area contributed by atoms with Crippen molar-refractivity contribution in [1.29, 1.82) is 0 Å². The zero-order chi connectivity index (χ0) is 19.5. The van der Waals surface area contributed by atoms with Crippen molar-refractivity contribution in [1.82, 2.24) is 4.90 Å². The number of benzodiazepines with no additional fused rings is 1. The van der Waals surface area contributed by atoms with Gasteiger partial charge >= 0.3 is 0 Å². The van der Waals surface area contributed by atoms with E-state index in [0.717, 1.165) is 48.5 Å². The van der Waals surface area contributed by atoms with Crippen molar-refractivity contribution in [3.8, 4) is 0 Å². The molecular formula is C23H25N3O2. The number of aliphatic imine (C=N–C) groups is 1. The average molecular weight is 375 g/mol. The second-order valence-electron chi connectivity index (χ2n) is 7.27. The lowest BCUT2D eigenvalue weighted by molar-refractivity contribution is -0.133. The van der Waals surface area contributed by atoms with Crippen LogP contribution in [0.2, 0.25) is 0 Å². The molecule has 2 aliphatic rings. The van der Waals surface area contributed by atoms with Crippen LogP contribution in [0.4, 0.5) is 5.69 Å². The molecule has 1 saturated heterocycles. The number of anilines is 1. The molecule has 0 spiro atoms. The summed E-state index contributed by atoms with van der Waals surface area (Å²) in [7, 11) is 0. The van der Waals surface area contributed by atoms with Crippen LogP contribution in [0.25, 0.3) is 0 Å². The first-order chi connectivity index (χ1) is 13.7. The SMILES string of the molecule is CCC(C(=O)N1CCCC1)N1C(=O)CN=C(c2ccccc2)c2ccccc21. The van der Waals surface area contributed by atoms with Gasteiger partial charge in [-0.25, -0.2) is 0 Å².